The molecule has 1 aromatic carbocycles. The second-order valence-corrected chi connectivity index (χ2v) is 6.83. The molecule has 0 saturated heterocycles. The molecule has 1 fully saturated rings. The summed E-state index contributed by atoms with van der Waals surface area (Å²) in [6.07, 6.45) is 2.18. The monoisotopic (exact) mass is 334 g/mol. The van der Waals surface area contributed by atoms with Crippen molar-refractivity contribution in [3.8, 4) is 0 Å². The highest BCUT2D eigenvalue weighted by atomic mass is 32.2. The molecule has 5 nitrogen and oxygen atoms in total. The number of rotatable bonds is 6. The molecule has 1 atom stereocenters. The summed E-state index contributed by atoms with van der Waals surface area (Å²) in [6, 6.07) is 5.01. The van der Waals surface area contributed by atoms with Crippen molar-refractivity contribution in [1.29, 1.82) is 0 Å². The van der Waals surface area contributed by atoms with Gasteiger partial charge in [0.15, 0.2) is 0 Å². The largest absolute Gasteiger partial charge is 0.348 e. The van der Waals surface area contributed by atoms with Gasteiger partial charge in [-0.2, -0.15) is 0 Å². The molecule has 23 heavy (non-hydrogen) atoms. The lowest BCUT2D eigenvalue weighted by Gasteiger charge is -2.19. The van der Waals surface area contributed by atoms with E-state index in [1.165, 1.54) is 17.8 Å². The number of H-pyrrole nitrogens is 1. The average molecular weight is 334 g/mol. The Balaban J connectivity index is 1.62. The molecule has 2 aromatic rings. The van der Waals surface area contributed by atoms with Crippen molar-refractivity contribution in [3.63, 3.8) is 0 Å². The number of hydrogen-bond donors (Lipinski definition) is 2. The molecule has 1 heterocycles. The Hall–Kier alpha value is -1.89. The lowest BCUT2D eigenvalue weighted by Crippen LogP contribution is -2.31. The summed E-state index contributed by atoms with van der Waals surface area (Å²) in [6.45, 7) is 3.56. The maximum Gasteiger partial charge on any atom is 0.230 e. The first kappa shape index (κ1) is 16.0. The van der Waals surface area contributed by atoms with Gasteiger partial charge in [0, 0.05) is 0 Å². The van der Waals surface area contributed by atoms with Crippen LogP contribution in [0.1, 0.15) is 35.8 Å². The Labute approximate surface area is 138 Å². The fourth-order valence-corrected chi connectivity index (χ4v) is 3.15. The third-order valence-corrected chi connectivity index (χ3v) is 4.71. The van der Waals surface area contributed by atoms with Gasteiger partial charge >= 0.3 is 0 Å². The maximum atomic E-state index is 13.4. The predicted octanol–water partition coefficient (Wildman–Crippen LogP) is 2.92. The first-order valence-corrected chi connectivity index (χ1v) is 8.58. The molecule has 0 spiro atoms. The molecule has 1 aromatic heterocycles. The van der Waals surface area contributed by atoms with Crippen LogP contribution in [0.4, 0.5) is 4.39 Å². The molecule has 0 aliphatic heterocycles. The third-order valence-electron chi connectivity index (χ3n) is 3.86. The topological polar surface area (TPSA) is 70.7 Å². The highest BCUT2D eigenvalue weighted by molar-refractivity contribution is 7.99. The second-order valence-electron chi connectivity index (χ2n) is 5.88. The van der Waals surface area contributed by atoms with E-state index in [1.807, 2.05) is 13.0 Å². The number of aromatic amines is 1. The number of hydrogen-bond acceptors (Lipinski definition) is 4. The van der Waals surface area contributed by atoms with Crippen molar-refractivity contribution in [1.82, 2.24) is 20.5 Å². The molecule has 1 saturated carbocycles. The number of aryl methyl sites for hydroxylation is 2. The normalized spacial score (nSPS) is 15.4. The molecule has 2 N–H and O–H groups in total. The Kier molecular flexibility index (Phi) is 4.66. The van der Waals surface area contributed by atoms with E-state index in [4.69, 9.17) is 0 Å². The molecular weight excluding hydrogens is 315 g/mol. The van der Waals surface area contributed by atoms with Gasteiger partial charge in [-0.25, -0.2) is 9.37 Å². The number of carbonyl (C=O) groups excluding carboxylic acids is 1. The Morgan fingerprint density at radius 3 is 2.87 bits per heavy atom. The van der Waals surface area contributed by atoms with Gasteiger partial charge in [0.2, 0.25) is 11.1 Å². The van der Waals surface area contributed by atoms with Gasteiger partial charge in [-0.3, -0.25) is 9.89 Å². The van der Waals surface area contributed by atoms with Gasteiger partial charge in [-0.15, -0.1) is 5.10 Å². The van der Waals surface area contributed by atoms with Gasteiger partial charge in [0.25, 0.3) is 0 Å². The lowest BCUT2D eigenvalue weighted by molar-refractivity contribution is -0.119. The molecule has 1 aliphatic rings. The van der Waals surface area contributed by atoms with Crippen molar-refractivity contribution >= 4 is 17.7 Å². The van der Waals surface area contributed by atoms with Crippen LogP contribution in [0.3, 0.4) is 0 Å². The number of halogens is 1. The van der Waals surface area contributed by atoms with Gasteiger partial charge in [0.1, 0.15) is 11.6 Å². The van der Waals surface area contributed by atoms with E-state index < -0.39 is 0 Å². The van der Waals surface area contributed by atoms with Crippen LogP contribution in [0, 0.1) is 25.6 Å². The maximum absolute atomic E-state index is 13.4. The highest BCUT2D eigenvalue weighted by Gasteiger charge is 2.33. The number of aromatic nitrogens is 3. The van der Waals surface area contributed by atoms with E-state index in [9.17, 15) is 9.18 Å². The summed E-state index contributed by atoms with van der Waals surface area (Å²) < 4.78 is 13.4. The van der Waals surface area contributed by atoms with E-state index >= 15 is 0 Å². The number of nitrogens with one attached hydrogen (secondary N) is 2. The van der Waals surface area contributed by atoms with Gasteiger partial charge < -0.3 is 5.32 Å². The van der Waals surface area contributed by atoms with Crippen LogP contribution >= 0.6 is 11.8 Å². The zero-order valence-electron chi connectivity index (χ0n) is 13.1. The minimum Gasteiger partial charge on any atom is -0.348 e. The summed E-state index contributed by atoms with van der Waals surface area (Å²) in [4.78, 5) is 16.4. The van der Waals surface area contributed by atoms with Crippen molar-refractivity contribution in [2.24, 2.45) is 5.92 Å². The van der Waals surface area contributed by atoms with Crippen molar-refractivity contribution in [3.05, 3.63) is 41.0 Å². The number of benzene rings is 1. The third kappa shape index (κ3) is 4.10. The molecule has 1 amide bonds. The lowest BCUT2D eigenvalue weighted by atomic mass is 10.00. The molecule has 0 radical (unpaired) electrons. The summed E-state index contributed by atoms with van der Waals surface area (Å²) in [5, 5.41) is 10.4. The summed E-state index contributed by atoms with van der Waals surface area (Å²) in [5.74, 6) is 1.16. The van der Waals surface area contributed by atoms with Crippen LogP contribution in [-0.2, 0) is 4.79 Å². The number of nitrogens with zero attached hydrogens (tertiary/aromatic N) is 2. The van der Waals surface area contributed by atoms with Crippen LogP contribution in [0.25, 0.3) is 0 Å². The first-order chi connectivity index (χ1) is 11.0. The first-order valence-electron chi connectivity index (χ1n) is 7.60. The van der Waals surface area contributed by atoms with Crippen molar-refractivity contribution < 1.29 is 9.18 Å². The molecular formula is C16H19FN4OS. The Bertz CT molecular complexity index is 714. The van der Waals surface area contributed by atoms with Crippen LogP contribution in [0.15, 0.2) is 23.4 Å². The number of thioether (sulfide) groups is 1. The fraction of sp³-hybridized carbons (Fsp3) is 0.438. The minimum absolute atomic E-state index is 0.0451. The molecule has 3 rings (SSSR count). The number of carbonyl (C=O) groups is 1. The summed E-state index contributed by atoms with van der Waals surface area (Å²) in [7, 11) is 0. The molecule has 122 valence electrons. The Morgan fingerprint density at radius 2 is 2.26 bits per heavy atom. The summed E-state index contributed by atoms with van der Waals surface area (Å²) >= 11 is 1.30. The van der Waals surface area contributed by atoms with Crippen LogP contribution < -0.4 is 5.32 Å². The Morgan fingerprint density at radius 1 is 1.48 bits per heavy atom. The molecule has 7 heteroatoms. The van der Waals surface area contributed by atoms with E-state index in [-0.39, 0.29) is 23.5 Å². The van der Waals surface area contributed by atoms with E-state index in [2.05, 4.69) is 20.5 Å². The van der Waals surface area contributed by atoms with E-state index in [0.717, 1.165) is 24.2 Å². The van der Waals surface area contributed by atoms with E-state index in [0.29, 0.717) is 16.6 Å². The zero-order chi connectivity index (χ0) is 16.4. The number of amides is 1. The average Bonchev–Trinajstić information content (AvgIpc) is 3.28. The van der Waals surface area contributed by atoms with Gasteiger partial charge in [0.05, 0.1) is 11.8 Å². The van der Waals surface area contributed by atoms with Crippen LogP contribution in [-0.4, -0.2) is 26.8 Å². The standard InChI is InChI=1S/C16H19FN4OS/c1-9-7-12(5-6-13(9)17)15(11-3-4-11)19-14(22)8-23-16-18-10(2)20-21-16/h5-7,11,15H,3-4,8H2,1-2H3,(H,19,22)(H,18,20,21)/t15-/m1/s1. The van der Waals surface area contributed by atoms with Crippen molar-refractivity contribution in [2.45, 2.75) is 37.9 Å². The quantitative estimate of drug-likeness (QED) is 0.797. The second kappa shape index (κ2) is 6.70. The predicted molar refractivity (Wildman–Crippen MR) is 86.6 cm³/mol. The van der Waals surface area contributed by atoms with Crippen molar-refractivity contribution in [2.75, 3.05) is 5.75 Å². The van der Waals surface area contributed by atoms with Crippen LogP contribution in [0.5, 0.6) is 0 Å². The molecule has 1 aliphatic carbocycles. The molecule has 0 unspecified atom stereocenters. The molecule has 0 bridgehead atoms. The summed E-state index contributed by atoms with van der Waals surface area (Å²) in [5.41, 5.74) is 1.58. The van der Waals surface area contributed by atoms with Crippen LogP contribution in [0.2, 0.25) is 0 Å². The minimum atomic E-state index is -0.217. The fourth-order valence-electron chi connectivity index (χ4n) is 2.50. The smallest absolute Gasteiger partial charge is 0.230 e. The highest BCUT2D eigenvalue weighted by Crippen LogP contribution is 2.41. The van der Waals surface area contributed by atoms with Gasteiger partial charge in [-0.05, 0) is 49.8 Å². The zero-order valence-corrected chi connectivity index (χ0v) is 13.9. The van der Waals surface area contributed by atoms with Gasteiger partial charge in [-0.1, -0.05) is 23.9 Å². The SMILES string of the molecule is Cc1nc(SCC(=O)N[C@@H](c2ccc(F)c(C)c2)C2CC2)n[nH]1. The van der Waals surface area contributed by atoms with E-state index in [1.54, 1.807) is 13.0 Å².